The molecule has 1 amide bonds. The van der Waals surface area contributed by atoms with E-state index >= 15 is 0 Å². The Morgan fingerprint density at radius 3 is 2.65 bits per heavy atom. The van der Waals surface area contributed by atoms with Crippen LogP contribution in [-0.4, -0.2) is 27.4 Å². The molecule has 0 bridgehead atoms. The molecule has 1 aromatic carbocycles. The average molecular weight is 417 g/mol. The largest absolute Gasteiger partial charge is 0.444 e. The number of benzene rings is 1. The number of halogens is 1. The van der Waals surface area contributed by atoms with Gasteiger partial charge in [0.05, 0.1) is 12.6 Å². The van der Waals surface area contributed by atoms with E-state index in [1.54, 1.807) is 29.3 Å². The monoisotopic (exact) mass is 416 g/mol. The summed E-state index contributed by atoms with van der Waals surface area (Å²) >= 11 is 3.38. The van der Waals surface area contributed by atoms with Crippen LogP contribution in [0.1, 0.15) is 60.9 Å². The Bertz CT molecular complexity index is 874. The highest BCUT2D eigenvalue weighted by Gasteiger charge is 2.34. The maximum Gasteiger partial charge on any atom is 0.411 e. The molecule has 1 aromatic heterocycles. The maximum atomic E-state index is 12.7. The van der Waals surface area contributed by atoms with E-state index in [-0.39, 0.29) is 17.9 Å². The summed E-state index contributed by atoms with van der Waals surface area (Å²) in [5, 5.41) is 0. The summed E-state index contributed by atoms with van der Waals surface area (Å²) in [6.07, 6.45) is 1.32. The molecule has 5 nitrogen and oxygen atoms in total. The number of aromatic nitrogens is 1. The molecule has 0 spiro atoms. The fraction of sp³-hybridized carbons (Fsp3) is 0.350. The third-order valence-corrected chi connectivity index (χ3v) is 4.72. The van der Waals surface area contributed by atoms with Crippen molar-refractivity contribution in [2.75, 3.05) is 0 Å². The van der Waals surface area contributed by atoms with Crippen LogP contribution in [0.2, 0.25) is 0 Å². The van der Waals surface area contributed by atoms with Crippen molar-refractivity contribution in [2.24, 2.45) is 0 Å². The van der Waals surface area contributed by atoms with Gasteiger partial charge in [-0.3, -0.25) is 14.7 Å². The molecule has 1 atom stereocenters. The lowest BCUT2D eigenvalue weighted by Gasteiger charge is -2.27. The summed E-state index contributed by atoms with van der Waals surface area (Å²) < 4.78 is 6.32. The second-order valence-electron chi connectivity index (χ2n) is 7.39. The molecule has 0 radical (unpaired) electrons. The highest BCUT2D eigenvalue weighted by molar-refractivity contribution is 9.10. The smallest absolute Gasteiger partial charge is 0.411 e. The van der Waals surface area contributed by atoms with Gasteiger partial charge < -0.3 is 4.74 Å². The van der Waals surface area contributed by atoms with E-state index in [1.807, 2.05) is 39.8 Å². The van der Waals surface area contributed by atoms with Crippen molar-refractivity contribution in [1.29, 1.82) is 0 Å². The molecule has 1 unspecified atom stereocenters. The van der Waals surface area contributed by atoms with Gasteiger partial charge in [-0.1, -0.05) is 28.1 Å². The number of nitrogens with zero attached hydrogens (tertiary/aromatic N) is 2. The van der Waals surface area contributed by atoms with E-state index in [0.29, 0.717) is 17.8 Å². The zero-order chi connectivity index (χ0) is 19.1. The number of pyridine rings is 1. The van der Waals surface area contributed by atoms with Crippen molar-refractivity contribution in [3.05, 3.63) is 63.4 Å². The molecular formula is C20H21BrN2O3. The number of amides is 1. The number of ketones is 1. The van der Waals surface area contributed by atoms with E-state index < -0.39 is 5.60 Å². The summed E-state index contributed by atoms with van der Waals surface area (Å²) in [5.41, 5.74) is 2.27. The van der Waals surface area contributed by atoms with Crippen LogP contribution in [0.15, 0.2) is 41.0 Å². The lowest BCUT2D eigenvalue weighted by atomic mass is 10.0. The molecule has 1 aliphatic rings. The van der Waals surface area contributed by atoms with Crippen molar-refractivity contribution in [2.45, 2.75) is 45.9 Å². The van der Waals surface area contributed by atoms with Gasteiger partial charge in [0.2, 0.25) is 5.78 Å². The van der Waals surface area contributed by atoms with Crippen LogP contribution in [0.3, 0.4) is 0 Å². The third-order valence-electron chi connectivity index (χ3n) is 4.23. The number of ether oxygens (including phenoxy) is 1. The van der Waals surface area contributed by atoms with Gasteiger partial charge in [0.1, 0.15) is 11.3 Å². The molecular weight excluding hydrogens is 396 g/mol. The number of hydrogen-bond donors (Lipinski definition) is 0. The highest BCUT2D eigenvalue weighted by Crippen LogP contribution is 2.34. The van der Waals surface area contributed by atoms with E-state index in [1.165, 1.54) is 0 Å². The molecule has 26 heavy (non-hydrogen) atoms. The summed E-state index contributed by atoms with van der Waals surface area (Å²) in [6, 6.07) is 8.84. The molecule has 3 rings (SSSR count). The second-order valence-corrected chi connectivity index (χ2v) is 8.31. The fourth-order valence-corrected chi connectivity index (χ4v) is 3.35. The molecule has 2 aromatic rings. The fourth-order valence-electron chi connectivity index (χ4n) is 2.95. The Morgan fingerprint density at radius 2 is 2.00 bits per heavy atom. The van der Waals surface area contributed by atoms with Gasteiger partial charge in [0, 0.05) is 16.2 Å². The first kappa shape index (κ1) is 18.6. The summed E-state index contributed by atoms with van der Waals surface area (Å²) in [6.45, 7) is 7.90. The van der Waals surface area contributed by atoms with Crippen LogP contribution in [0.5, 0.6) is 0 Å². The van der Waals surface area contributed by atoms with Gasteiger partial charge in [-0.2, -0.15) is 0 Å². The van der Waals surface area contributed by atoms with Crippen LogP contribution < -0.4 is 0 Å². The molecule has 136 valence electrons. The highest BCUT2D eigenvalue weighted by atomic mass is 79.9. The lowest BCUT2D eigenvalue weighted by Crippen LogP contribution is -2.35. The molecule has 1 aliphatic heterocycles. The van der Waals surface area contributed by atoms with Crippen molar-refractivity contribution >= 4 is 27.8 Å². The molecule has 2 heterocycles. The average Bonchev–Trinajstić information content (AvgIpc) is 2.89. The first-order valence-electron chi connectivity index (χ1n) is 8.44. The molecule has 6 heteroatoms. The minimum Gasteiger partial charge on any atom is -0.444 e. The van der Waals surface area contributed by atoms with Gasteiger partial charge in [-0.05, 0) is 57.0 Å². The van der Waals surface area contributed by atoms with E-state index in [4.69, 9.17) is 4.74 Å². The first-order chi connectivity index (χ1) is 12.2. The van der Waals surface area contributed by atoms with Gasteiger partial charge in [0.15, 0.2) is 0 Å². The standard InChI is InChI=1S/C20H21BrN2O3/c1-12-16-9-17(18(24)13-6-5-7-15(21)8-13)22-10-14(16)11-23(12)19(25)26-20(2,3)4/h5-10,12H,11H2,1-4H3. The molecule has 0 saturated carbocycles. The first-order valence-corrected chi connectivity index (χ1v) is 9.24. The minimum absolute atomic E-state index is 0.142. The van der Waals surface area contributed by atoms with Crippen LogP contribution in [-0.2, 0) is 11.3 Å². The molecule has 0 fully saturated rings. The predicted molar refractivity (Wildman–Crippen MR) is 102 cm³/mol. The van der Waals surface area contributed by atoms with E-state index in [0.717, 1.165) is 15.6 Å². The number of hydrogen-bond acceptors (Lipinski definition) is 4. The number of carbonyl (C=O) groups is 2. The van der Waals surface area contributed by atoms with Crippen LogP contribution in [0.4, 0.5) is 4.79 Å². The Labute approximate surface area is 161 Å². The van der Waals surface area contributed by atoms with Crippen molar-refractivity contribution in [3.8, 4) is 0 Å². The number of fused-ring (bicyclic) bond motifs is 1. The zero-order valence-corrected chi connectivity index (χ0v) is 16.8. The number of carbonyl (C=O) groups excluding carboxylic acids is 2. The predicted octanol–water partition coefficient (Wildman–Crippen LogP) is 4.89. The molecule has 0 N–H and O–H groups in total. The van der Waals surface area contributed by atoms with Gasteiger partial charge in [0.25, 0.3) is 0 Å². The number of rotatable bonds is 2. The Hall–Kier alpha value is -2.21. The van der Waals surface area contributed by atoms with E-state index in [9.17, 15) is 9.59 Å². The summed E-state index contributed by atoms with van der Waals surface area (Å²) in [7, 11) is 0. The zero-order valence-electron chi connectivity index (χ0n) is 15.2. The Morgan fingerprint density at radius 1 is 1.27 bits per heavy atom. The summed E-state index contributed by atoms with van der Waals surface area (Å²) in [4.78, 5) is 31.1. The quantitative estimate of drug-likeness (QED) is 0.653. The summed E-state index contributed by atoms with van der Waals surface area (Å²) in [5.74, 6) is -0.142. The van der Waals surface area contributed by atoms with Crippen molar-refractivity contribution in [1.82, 2.24) is 9.88 Å². The normalized spacial score (nSPS) is 16.3. The van der Waals surface area contributed by atoms with E-state index in [2.05, 4.69) is 20.9 Å². The third kappa shape index (κ3) is 3.80. The van der Waals surface area contributed by atoms with Gasteiger partial charge in [-0.25, -0.2) is 4.79 Å². The second kappa shape index (κ2) is 6.83. The van der Waals surface area contributed by atoms with Gasteiger partial charge in [-0.15, -0.1) is 0 Å². The maximum absolute atomic E-state index is 12.7. The lowest BCUT2D eigenvalue weighted by molar-refractivity contribution is 0.0187. The van der Waals surface area contributed by atoms with Crippen molar-refractivity contribution in [3.63, 3.8) is 0 Å². The Balaban J connectivity index is 1.85. The molecule has 0 saturated heterocycles. The Kier molecular flexibility index (Phi) is 4.88. The van der Waals surface area contributed by atoms with Crippen molar-refractivity contribution < 1.29 is 14.3 Å². The molecule has 0 aliphatic carbocycles. The topological polar surface area (TPSA) is 59.5 Å². The van der Waals surface area contributed by atoms with Gasteiger partial charge >= 0.3 is 6.09 Å². The minimum atomic E-state index is -0.550. The van der Waals surface area contributed by atoms with Crippen LogP contribution in [0, 0.1) is 0 Å². The van der Waals surface area contributed by atoms with Crippen LogP contribution >= 0.6 is 15.9 Å². The van der Waals surface area contributed by atoms with Crippen LogP contribution in [0.25, 0.3) is 0 Å². The SMILES string of the molecule is CC1c2cc(C(=O)c3cccc(Br)c3)ncc2CN1C(=O)OC(C)(C)C.